The number of methoxy groups -OCH3 is 1. The number of ether oxygens (including phenoxy) is 5. The van der Waals surface area contributed by atoms with E-state index in [2.05, 4.69) is 20.1 Å². The van der Waals surface area contributed by atoms with Crippen LogP contribution in [0.2, 0.25) is 0 Å². The summed E-state index contributed by atoms with van der Waals surface area (Å²) in [6.07, 6.45) is 6.98. The Morgan fingerprint density at radius 1 is 0.878 bits per heavy atom. The number of carbonyl (C=O) groups is 2. The second-order valence-corrected chi connectivity index (χ2v) is 11.2. The van der Waals surface area contributed by atoms with E-state index in [4.69, 9.17) is 23.7 Å². The first-order valence-corrected chi connectivity index (χ1v) is 14.5. The summed E-state index contributed by atoms with van der Waals surface area (Å²) < 4.78 is 28.5. The quantitative estimate of drug-likeness (QED) is 0.163. The molecule has 0 bridgehead atoms. The average Bonchev–Trinajstić information content (AvgIpc) is 2.98. The van der Waals surface area contributed by atoms with Crippen molar-refractivity contribution in [2.24, 2.45) is 17.8 Å². The first-order chi connectivity index (χ1) is 19.8. The maximum atomic E-state index is 12.4. The second-order valence-electron chi connectivity index (χ2n) is 11.2. The minimum Gasteiger partial charge on any atom is -0.423 e. The molecule has 0 radical (unpaired) electrons. The first-order valence-electron chi connectivity index (χ1n) is 14.5. The largest absolute Gasteiger partial charge is 0.423 e. The molecule has 41 heavy (non-hydrogen) atoms. The molecule has 0 spiro atoms. The van der Waals surface area contributed by atoms with Gasteiger partial charge in [-0.3, -0.25) is 0 Å². The Labute approximate surface area is 243 Å². The molecule has 2 aromatic carbocycles. The molecule has 220 valence electrons. The molecule has 7 nitrogen and oxygen atoms in total. The SMILES string of the molecule is C=C(C)C(=O)Oc1ccc(-c2ccc(OC(=O)C(=C)COC)cc2)cc1C1OCC(C2CCC(CCC)CC2)CO1. The van der Waals surface area contributed by atoms with Crippen LogP contribution in [0, 0.1) is 17.8 Å². The molecule has 1 saturated carbocycles. The molecule has 1 aliphatic carbocycles. The van der Waals surface area contributed by atoms with E-state index in [0.717, 1.165) is 17.0 Å². The van der Waals surface area contributed by atoms with Gasteiger partial charge in [-0.1, -0.05) is 64.0 Å². The van der Waals surface area contributed by atoms with Crippen LogP contribution in [0.4, 0.5) is 0 Å². The minimum atomic E-state index is -0.650. The predicted octanol–water partition coefficient (Wildman–Crippen LogP) is 7.21. The smallest absolute Gasteiger partial charge is 0.341 e. The van der Waals surface area contributed by atoms with E-state index >= 15 is 0 Å². The van der Waals surface area contributed by atoms with Crippen LogP contribution < -0.4 is 9.47 Å². The lowest BCUT2D eigenvalue weighted by Gasteiger charge is -2.38. The molecule has 0 unspecified atom stereocenters. The third kappa shape index (κ3) is 8.15. The van der Waals surface area contributed by atoms with E-state index < -0.39 is 18.2 Å². The number of esters is 2. The summed E-state index contributed by atoms with van der Waals surface area (Å²) in [5, 5.41) is 0. The number of rotatable bonds is 11. The molecular weight excluding hydrogens is 520 g/mol. The van der Waals surface area contributed by atoms with Gasteiger partial charge in [0.1, 0.15) is 11.5 Å². The van der Waals surface area contributed by atoms with Gasteiger partial charge in [-0.05, 0) is 67.0 Å². The number of benzene rings is 2. The fraction of sp³-hybridized carbons (Fsp3) is 0.471. The molecule has 1 saturated heterocycles. The highest BCUT2D eigenvalue weighted by molar-refractivity contribution is 5.90. The lowest BCUT2D eigenvalue weighted by Crippen LogP contribution is -2.34. The van der Waals surface area contributed by atoms with Crippen molar-refractivity contribution < 1.29 is 33.3 Å². The molecule has 0 aromatic heterocycles. The summed E-state index contributed by atoms with van der Waals surface area (Å²) in [6.45, 7) is 12.6. The van der Waals surface area contributed by atoms with Crippen molar-refractivity contribution >= 4 is 11.9 Å². The molecule has 1 heterocycles. The third-order valence-corrected chi connectivity index (χ3v) is 8.00. The van der Waals surface area contributed by atoms with Crippen LogP contribution in [0.15, 0.2) is 66.8 Å². The van der Waals surface area contributed by atoms with Gasteiger partial charge >= 0.3 is 11.9 Å². The molecule has 0 atom stereocenters. The van der Waals surface area contributed by atoms with Crippen molar-refractivity contribution in [3.05, 3.63) is 72.3 Å². The van der Waals surface area contributed by atoms with E-state index in [1.54, 1.807) is 25.1 Å². The number of hydrogen-bond acceptors (Lipinski definition) is 7. The van der Waals surface area contributed by atoms with Crippen LogP contribution in [0.3, 0.4) is 0 Å². The molecule has 7 heteroatoms. The fourth-order valence-corrected chi connectivity index (χ4v) is 5.65. The van der Waals surface area contributed by atoms with Gasteiger partial charge in [0, 0.05) is 18.6 Å². The lowest BCUT2D eigenvalue weighted by molar-refractivity contribution is -0.215. The van der Waals surface area contributed by atoms with Gasteiger partial charge in [0.15, 0.2) is 6.29 Å². The number of hydrogen-bond donors (Lipinski definition) is 0. The molecular formula is C34H42O7. The summed E-state index contributed by atoms with van der Waals surface area (Å²) >= 11 is 0. The molecule has 2 aromatic rings. The van der Waals surface area contributed by atoms with Gasteiger partial charge < -0.3 is 23.7 Å². The highest BCUT2D eigenvalue weighted by Gasteiger charge is 2.33. The molecule has 4 rings (SSSR count). The molecule has 2 aliphatic rings. The van der Waals surface area contributed by atoms with Crippen molar-refractivity contribution in [3.8, 4) is 22.6 Å². The summed E-state index contributed by atoms with van der Waals surface area (Å²) in [7, 11) is 1.49. The Kier molecular flexibility index (Phi) is 10.9. The van der Waals surface area contributed by atoms with E-state index in [-0.39, 0.29) is 12.2 Å². The van der Waals surface area contributed by atoms with E-state index in [1.165, 1.54) is 45.6 Å². The second kappa shape index (κ2) is 14.6. The monoisotopic (exact) mass is 562 g/mol. The van der Waals surface area contributed by atoms with Gasteiger partial charge in [-0.15, -0.1) is 0 Å². The van der Waals surface area contributed by atoms with Crippen molar-refractivity contribution in [2.75, 3.05) is 26.9 Å². The zero-order valence-electron chi connectivity index (χ0n) is 24.5. The van der Waals surface area contributed by atoms with Crippen molar-refractivity contribution in [1.29, 1.82) is 0 Å². The van der Waals surface area contributed by atoms with Crippen molar-refractivity contribution in [2.45, 2.75) is 58.7 Å². The Bertz CT molecular complexity index is 1220. The van der Waals surface area contributed by atoms with E-state index in [0.29, 0.717) is 47.7 Å². The van der Waals surface area contributed by atoms with Crippen LogP contribution >= 0.6 is 0 Å². The van der Waals surface area contributed by atoms with Crippen LogP contribution in [0.25, 0.3) is 11.1 Å². The highest BCUT2D eigenvalue weighted by Crippen LogP contribution is 2.41. The zero-order chi connectivity index (χ0) is 29.4. The van der Waals surface area contributed by atoms with E-state index in [9.17, 15) is 9.59 Å². The Morgan fingerprint density at radius 3 is 2.15 bits per heavy atom. The summed E-state index contributed by atoms with van der Waals surface area (Å²) in [4.78, 5) is 24.5. The molecule has 1 aliphatic heterocycles. The topological polar surface area (TPSA) is 80.3 Å². The van der Waals surface area contributed by atoms with Gasteiger partial charge in [-0.25, -0.2) is 9.59 Å². The molecule has 0 amide bonds. The first kappa shape index (κ1) is 30.7. The average molecular weight is 563 g/mol. The van der Waals surface area contributed by atoms with Crippen molar-refractivity contribution in [3.63, 3.8) is 0 Å². The van der Waals surface area contributed by atoms with E-state index in [1.807, 2.05) is 24.3 Å². The lowest BCUT2D eigenvalue weighted by atomic mass is 9.75. The fourth-order valence-electron chi connectivity index (χ4n) is 5.65. The maximum absolute atomic E-state index is 12.4. The van der Waals surface area contributed by atoms with Gasteiger partial charge in [0.2, 0.25) is 0 Å². The van der Waals surface area contributed by atoms with Gasteiger partial charge in [0.05, 0.1) is 31.0 Å². The summed E-state index contributed by atoms with van der Waals surface area (Å²) in [5.74, 6) is 1.59. The van der Waals surface area contributed by atoms with Gasteiger partial charge in [0.25, 0.3) is 0 Å². The number of carbonyl (C=O) groups excluding carboxylic acids is 2. The van der Waals surface area contributed by atoms with Crippen LogP contribution in [0.5, 0.6) is 11.5 Å². The van der Waals surface area contributed by atoms with Crippen LogP contribution in [0.1, 0.15) is 64.2 Å². The Balaban J connectivity index is 1.48. The van der Waals surface area contributed by atoms with Gasteiger partial charge in [-0.2, -0.15) is 0 Å². The van der Waals surface area contributed by atoms with Crippen LogP contribution in [-0.4, -0.2) is 38.9 Å². The molecule has 2 fully saturated rings. The Hall–Kier alpha value is -3.26. The van der Waals surface area contributed by atoms with Crippen molar-refractivity contribution in [1.82, 2.24) is 0 Å². The minimum absolute atomic E-state index is 0.105. The summed E-state index contributed by atoms with van der Waals surface area (Å²) in [5.41, 5.74) is 2.95. The summed E-state index contributed by atoms with van der Waals surface area (Å²) in [6, 6.07) is 12.7. The zero-order valence-corrected chi connectivity index (χ0v) is 24.5. The molecule has 0 N–H and O–H groups in total. The third-order valence-electron chi connectivity index (χ3n) is 8.00. The predicted molar refractivity (Wildman–Crippen MR) is 157 cm³/mol. The standard InChI is InChI=1S/C34H42O7/c1-6-7-24-8-10-26(11-9-24)28-20-38-34(39-21-28)30-18-27(14-17-31(30)41-32(35)22(2)3)25-12-15-29(16-13-25)40-33(36)23(4)19-37-5/h12-18,24,26,28,34H,2,4,6-11,19-21H2,1,3,5H3. The highest BCUT2D eigenvalue weighted by atomic mass is 16.7. The maximum Gasteiger partial charge on any atom is 0.341 e. The van der Waals surface area contributed by atoms with Crippen LogP contribution in [-0.2, 0) is 23.8 Å². The Morgan fingerprint density at radius 2 is 1.54 bits per heavy atom. The normalized spacial score (nSPS) is 22.5.